The van der Waals surface area contributed by atoms with E-state index in [0.717, 1.165) is 28.4 Å². The van der Waals surface area contributed by atoms with Gasteiger partial charge in [0, 0.05) is 10.6 Å². The molecule has 1 aromatic carbocycles. The fraction of sp³-hybridized carbons (Fsp3) is 0.286. The van der Waals surface area contributed by atoms with Crippen molar-refractivity contribution in [1.82, 2.24) is 9.97 Å². The Labute approximate surface area is 123 Å². The normalized spacial score (nSPS) is 12.0. The van der Waals surface area contributed by atoms with Crippen molar-refractivity contribution in [2.24, 2.45) is 5.84 Å². The predicted octanol–water partition coefficient (Wildman–Crippen LogP) is 3.15. The highest BCUT2D eigenvalue weighted by Crippen LogP contribution is 2.27. The molecule has 6 heteroatoms. The first-order chi connectivity index (χ1) is 9.67. The fourth-order valence-corrected chi connectivity index (χ4v) is 2.40. The summed E-state index contributed by atoms with van der Waals surface area (Å²) in [4.78, 5) is 8.41. The number of hydrazine groups is 1. The van der Waals surface area contributed by atoms with E-state index >= 15 is 0 Å². The Morgan fingerprint density at radius 2 is 1.95 bits per heavy atom. The molecular weight excluding hydrogens is 274 g/mol. The van der Waals surface area contributed by atoms with Crippen LogP contribution in [-0.4, -0.2) is 9.97 Å². The molecule has 0 radical (unpaired) electrons. The Bertz CT molecular complexity index is 588. The second-order valence-electron chi connectivity index (χ2n) is 4.43. The fourth-order valence-electron chi connectivity index (χ4n) is 2.11. The summed E-state index contributed by atoms with van der Waals surface area (Å²) in [5.74, 6) is 6.87. The van der Waals surface area contributed by atoms with E-state index in [1.54, 1.807) is 0 Å². The third-order valence-corrected chi connectivity index (χ3v) is 3.50. The first kappa shape index (κ1) is 14.6. The summed E-state index contributed by atoms with van der Waals surface area (Å²) in [7, 11) is 0. The third kappa shape index (κ3) is 3.00. The van der Waals surface area contributed by atoms with Crippen LogP contribution in [0.1, 0.15) is 31.0 Å². The zero-order chi connectivity index (χ0) is 14.5. The summed E-state index contributed by atoms with van der Waals surface area (Å²) >= 11 is 6.21. The van der Waals surface area contributed by atoms with Crippen molar-refractivity contribution in [1.29, 1.82) is 0 Å². The van der Waals surface area contributed by atoms with Gasteiger partial charge in [-0.05, 0) is 25.0 Å². The molecule has 4 N–H and O–H groups in total. The van der Waals surface area contributed by atoms with Crippen LogP contribution in [0.15, 0.2) is 30.6 Å². The number of hydrogen-bond donors (Lipinski definition) is 3. The van der Waals surface area contributed by atoms with Crippen LogP contribution in [0.2, 0.25) is 5.02 Å². The molecule has 106 valence electrons. The molecule has 0 aliphatic rings. The lowest BCUT2D eigenvalue weighted by Gasteiger charge is -2.19. The minimum atomic E-state index is 0.0366. The Morgan fingerprint density at radius 3 is 2.60 bits per heavy atom. The van der Waals surface area contributed by atoms with E-state index in [0.29, 0.717) is 5.82 Å². The van der Waals surface area contributed by atoms with E-state index in [4.69, 9.17) is 17.4 Å². The van der Waals surface area contributed by atoms with Gasteiger partial charge in [-0.1, -0.05) is 36.7 Å². The van der Waals surface area contributed by atoms with E-state index in [-0.39, 0.29) is 6.04 Å². The number of rotatable bonds is 5. The second-order valence-corrected chi connectivity index (χ2v) is 4.84. The van der Waals surface area contributed by atoms with Crippen molar-refractivity contribution in [3.05, 3.63) is 46.7 Å². The molecule has 0 aliphatic heterocycles. The molecule has 1 aromatic heterocycles. The molecule has 2 aromatic rings. The molecule has 5 nitrogen and oxygen atoms in total. The van der Waals surface area contributed by atoms with Crippen molar-refractivity contribution < 1.29 is 0 Å². The molecule has 0 spiro atoms. The summed E-state index contributed by atoms with van der Waals surface area (Å²) in [6.07, 6.45) is 2.26. The van der Waals surface area contributed by atoms with Gasteiger partial charge in [0.2, 0.25) is 0 Å². The minimum absolute atomic E-state index is 0.0366. The lowest BCUT2D eigenvalue weighted by Crippen LogP contribution is -2.15. The molecule has 0 bridgehead atoms. The minimum Gasteiger partial charge on any atom is -0.363 e. The van der Waals surface area contributed by atoms with Crippen LogP contribution >= 0.6 is 11.6 Å². The third-order valence-electron chi connectivity index (χ3n) is 3.16. The van der Waals surface area contributed by atoms with Gasteiger partial charge in [-0.3, -0.25) is 0 Å². The van der Waals surface area contributed by atoms with E-state index in [9.17, 15) is 0 Å². The van der Waals surface area contributed by atoms with E-state index in [1.807, 2.05) is 38.1 Å². The molecule has 20 heavy (non-hydrogen) atoms. The molecule has 2 rings (SSSR count). The molecule has 1 heterocycles. The van der Waals surface area contributed by atoms with Crippen molar-refractivity contribution >= 4 is 23.2 Å². The van der Waals surface area contributed by atoms with Crippen LogP contribution in [-0.2, 0) is 6.42 Å². The maximum atomic E-state index is 6.21. The molecule has 0 aliphatic carbocycles. The zero-order valence-electron chi connectivity index (χ0n) is 11.5. The van der Waals surface area contributed by atoms with Crippen LogP contribution in [0.25, 0.3) is 0 Å². The predicted molar refractivity (Wildman–Crippen MR) is 82.7 cm³/mol. The van der Waals surface area contributed by atoms with Gasteiger partial charge in [-0.2, -0.15) is 0 Å². The Morgan fingerprint density at radius 1 is 1.25 bits per heavy atom. The van der Waals surface area contributed by atoms with Crippen LogP contribution in [0.4, 0.5) is 11.6 Å². The maximum Gasteiger partial charge on any atom is 0.148 e. The quantitative estimate of drug-likeness (QED) is 0.583. The van der Waals surface area contributed by atoms with Crippen molar-refractivity contribution in [2.45, 2.75) is 26.3 Å². The molecule has 0 saturated carbocycles. The summed E-state index contributed by atoms with van der Waals surface area (Å²) < 4.78 is 0. The average molecular weight is 292 g/mol. The van der Waals surface area contributed by atoms with Gasteiger partial charge in [0.05, 0.1) is 6.04 Å². The summed E-state index contributed by atoms with van der Waals surface area (Å²) in [6, 6.07) is 7.79. The van der Waals surface area contributed by atoms with Gasteiger partial charge in [0.1, 0.15) is 18.0 Å². The summed E-state index contributed by atoms with van der Waals surface area (Å²) in [6.45, 7) is 4.07. The van der Waals surface area contributed by atoms with Gasteiger partial charge in [-0.25, -0.2) is 15.8 Å². The zero-order valence-corrected chi connectivity index (χ0v) is 12.3. The number of nitrogen functional groups attached to an aromatic ring is 1. The molecule has 0 saturated heterocycles. The van der Waals surface area contributed by atoms with Crippen LogP contribution < -0.4 is 16.6 Å². The van der Waals surface area contributed by atoms with E-state index in [1.165, 1.54) is 6.33 Å². The highest BCUT2D eigenvalue weighted by atomic mass is 35.5. The smallest absolute Gasteiger partial charge is 0.148 e. The maximum absolute atomic E-state index is 6.21. The van der Waals surface area contributed by atoms with Crippen LogP contribution in [0.5, 0.6) is 0 Å². The first-order valence-corrected chi connectivity index (χ1v) is 6.86. The molecule has 0 amide bonds. The van der Waals surface area contributed by atoms with Gasteiger partial charge in [0.25, 0.3) is 0 Å². The van der Waals surface area contributed by atoms with Crippen LogP contribution in [0, 0.1) is 0 Å². The Kier molecular flexibility index (Phi) is 4.76. The first-order valence-electron chi connectivity index (χ1n) is 6.48. The standard InChI is InChI=1S/C14H18ClN5/c1-3-10-13(17-8-18-14(10)20-16)19-9(2)11-6-4-5-7-12(11)15/h4-9H,3,16H2,1-2H3,(H2,17,18,19,20). The highest BCUT2D eigenvalue weighted by molar-refractivity contribution is 6.31. The number of hydrogen-bond acceptors (Lipinski definition) is 5. The largest absolute Gasteiger partial charge is 0.363 e. The van der Waals surface area contributed by atoms with Crippen molar-refractivity contribution in [3.63, 3.8) is 0 Å². The average Bonchev–Trinajstić information content (AvgIpc) is 2.47. The van der Waals surface area contributed by atoms with Gasteiger partial charge < -0.3 is 10.7 Å². The molecular formula is C14H18ClN5. The summed E-state index contributed by atoms with van der Waals surface area (Å²) in [5.41, 5.74) is 4.57. The number of aromatic nitrogens is 2. The van der Waals surface area contributed by atoms with Crippen molar-refractivity contribution in [3.8, 4) is 0 Å². The number of nitrogens with two attached hydrogens (primary N) is 1. The van der Waals surface area contributed by atoms with Crippen LogP contribution in [0.3, 0.4) is 0 Å². The lowest BCUT2D eigenvalue weighted by molar-refractivity contribution is 0.863. The number of halogens is 1. The molecule has 1 atom stereocenters. The SMILES string of the molecule is CCc1c(NN)ncnc1NC(C)c1ccccc1Cl. The monoisotopic (exact) mass is 291 g/mol. The van der Waals surface area contributed by atoms with E-state index in [2.05, 4.69) is 20.7 Å². The van der Waals surface area contributed by atoms with E-state index < -0.39 is 0 Å². The van der Waals surface area contributed by atoms with Gasteiger partial charge in [-0.15, -0.1) is 0 Å². The number of benzene rings is 1. The molecule has 0 fully saturated rings. The molecule has 1 unspecified atom stereocenters. The van der Waals surface area contributed by atoms with Gasteiger partial charge in [0.15, 0.2) is 0 Å². The number of anilines is 2. The number of nitrogens with one attached hydrogen (secondary N) is 2. The Hall–Kier alpha value is -1.85. The lowest BCUT2D eigenvalue weighted by atomic mass is 10.1. The van der Waals surface area contributed by atoms with Gasteiger partial charge >= 0.3 is 0 Å². The highest BCUT2D eigenvalue weighted by Gasteiger charge is 2.14. The second kappa shape index (κ2) is 6.54. The number of nitrogens with zero attached hydrogens (tertiary/aromatic N) is 2. The Balaban J connectivity index is 2.28. The topological polar surface area (TPSA) is 75.9 Å². The van der Waals surface area contributed by atoms with Crippen molar-refractivity contribution in [2.75, 3.05) is 10.7 Å². The summed E-state index contributed by atoms with van der Waals surface area (Å²) in [5, 5.41) is 4.10.